The van der Waals surface area contributed by atoms with Crippen molar-refractivity contribution in [3.63, 3.8) is 0 Å². The second kappa shape index (κ2) is 4.45. The minimum atomic E-state index is 0.178. The van der Waals surface area contributed by atoms with Gasteiger partial charge in [-0.25, -0.2) is 0 Å². The van der Waals surface area contributed by atoms with Crippen molar-refractivity contribution in [3.05, 3.63) is 33.8 Å². The summed E-state index contributed by atoms with van der Waals surface area (Å²) in [6.45, 7) is 9.55. The maximum absolute atomic E-state index is 3.54. The van der Waals surface area contributed by atoms with Gasteiger partial charge < -0.3 is 5.32 Å². The highest BCUT2D eigenvalue weighted by molar-refractivity contribution is 9.10. The van der Waals surface area contributed by atoms with Crippen LogP contribution in [-0.2, 0) is 6.54 Å². The van der Waals surface area contributed by atoms with Crippen LogP contribution in [0, 0.1) is 6.92 Å². The van der Waals surface area contributed by atoms with E-state index in [-0.39, 0.29) is 5.54 Å². The number of hydrogen-bond acceptors (Lipinski definition) is 1. The van der Waals surface area contributed by atoms with Crippen molar-refractivity contribution < 1.29 is 0 Å². The Balaban J connectivity index is 2.65. The van der Waals surface area contributed by atoms with Crippen LogP contribution in [0.15, 0.2) is 22.7 Å². The van der Waals surface area contributed by atoms with Gasteiger partial charge in [0.05, 0.1) is 0 Å². The first-order valence-corrected chi connectivity index (χ1v) is 5.68. The minimum Gasteiger partial charge on any atom is -0.308 e. The van der Waals surface area contributed by atoms with E-state index in [0.29, 0.717) is 0 Å². The van der Waals surface area contributed by atoms with Crippen LogP contribution in [0.25, 0.3) is 0 Å². The minimum absolute atomic E-state index is 0.178. The summed E-state index contributed by atoms with van der Waals surface area (Å²) in [6, 6.07) is 6.48. The molecular weight excluding hydrogens is 238 g/mol. The Morgan fingerprint density at radius 2 is 1.93 bits per heavy atom. The van der Waals surface area contributed by atoms with Gasteiger partial charge in [-0.3, -0.25) is 0 Å². The van der Waals surface area contributed by atoms with Gasteiger partial charge in [-0.1, -0.05) is 28.1 Å². The van der Waals surface area contributed by atoms with Gasteiger partial charge in [0.25, 0.3) is 0 Å². The molecule has 1 aromatic rings. The fourth-order valence-electron chi connectivity index (χ4n) is 1.11. The average molecular weight is 256 g/mol. The Bertz CT molecular complexity index is 313. The van der Waals surface area contributed by atoms with E-state index >= 15 is 0 Å². The van der Waals surface area contributed by atoms with Gasteiger partial charge in [-0.15, -0.1) is 0 Å². The van der Waals surface area contributed by atoms with Gasteiger partial charge in [-0.2, -0.15) is 0 Å². The summed E-state index contributed by atoms with van der Waals surface area (Å²) in [5.74, 6) is 0. The zero-order valence-corrected chi connectivity index (χ0v) is 10.9. The van der Waals surface area contributed by atoms with E-state index in [0.717, 1.165) is 6.54 Å². The molecule has 0 fully saturated rings. The van der Waals surface area contributed by atoms with Gasteiger partial charge in [0.15, 0.2) is 0 Å². The van der Waals surface area contributed by atoms with E-state index in [9.17, 15) is 0 Å². The van der Waals surface area contributed by atoms with Gasteiger partial charge in [0, 0.05) is 16.6 Å². The monoisotopic (exact) mass is 255 g/mol. The first-order chi connectivity index (χ1) is 6.38. The third-order valence-electron chi connectivity index (χ3n) is 2.06. The van der Waals surface area contributed by atoms with E-state index in [1.54, 1.807) is 0 Å². The molecule has 0 bridgehead atoms. The molecule has 0 atom stereocenters. The zero-order valence-electron chi connectivity index (χ0n) is 9.32. The smallest absolute Gasteiger partial charge is 0.0210 e. The molecule has 78 valence electrons. The predicted molar refractivity (Wildman–Crippen MR) is 65.5 cm³/mol. The molecule has 2 heteroatoms. The van der Waals surface area contributed by atoms with Crippen molar-refractivity contribution in [1.82, 2.24) is 5.32 Å². The molecule has 0 saturated carbocycles. The van der Waals surface area contributed by atoms with E-state index in [4.69, 9.17) is 0 Å². The van der Waals surface area contributed by atoms with Crippen molar-refractivity contribution in [1.29, 1.82) is 0 Å². The number of nitrogens with one attached hydrogen (secondary N) is 1. The molecule has 0 amide bonds. The molecule has 0 aliphatic rings. The number of aryl methyl sites for hydroxylation is 1. The molecule has 0 aliphatic heterocycles. The Kier molecular flexibility index (Phi) is 3.73. The Hall–Kier alpha value is -0.340. The molecule has 1 aromatic carbocycles. The maximum Gasteiger partial charge on any atom is 0.0210 e. The summed E-state index contributed by atoms with van der Waals surface area (Å²) in [7, 11) is 0. The van der Waals surface area contributed by atoms with Crippen molar-refractivity contribution in [2.75, 3.05) is 0 Å². The van der Waals surface area contributed by atoms with Crippen LogP contribution in [0.2, 0.25) is 0 Å². The van der Waals surface area contributed by atoms with Crippen LogP contribution in [0.4, 0.5) is 0 Å². The first-order valence-electron chi connectivity index (χ1n) is 4.88. The molecule has 0 heterocycles. The summed E-state index contributed by atoms with van der Waals surface area (Å²) >= 11 is 3.54. The van der Waals surface area contributed by atoms with Crippen LogP contribution >= 0.6 is 15.9 Å². The van der Waals surface area contributed by atoms with Crippen molar-refractivity contribution >= 4 is 15.9 Å². The zero-order chi connectivity index (χ0) is 10.8. The van der Waals surface area contributed by atoms with E-state index in [1.807, 2.05) is 0 Å². The van der Waals surface area contributed by atoms with Crippen molar-refractivity contribution in [2.24, 2.45) is 0 Å². The normalized spacial score (nSPS) is 11.8. The highest BCUT2D eigenvalue weighted by Crippen LogP contribution is 2.17. The van der Waals surface area contributed by atoms with E-state index < -0.39 is 0 Å². The Morgan fingerprint density at radius 1 is 1.29 bits per heavy atom. The molecule has 1 N–H and O–H groups in total. The van der Waals surface area contributed by atoms with Crippen molar-refractivity contribution in [2.45, 2.75) is 39.8 Å². The van der Waals surface area contributed by atoms with Gasteiger partial charge in [-0.05, 0) is 44.9 Å². The molecule has 0 aliphatic carbocycles. The topological polar surface area (TPSA) is 12.0 Å². The second-order valence-corrected chi connectivity index (χ2v) is 5.54. The molecule has 1 rings (SSSR count). The number of rotatable bonds is 2. The molecule has 0 saturated heterocycles. The van der Waals surface area contributed by atoms with Crippen LogP contribution in [0.1, 0.15) is 31.9 Å². The van der Waals surface area contributed by atoms with Crippen LogP contribution in [0.3, 0.4) is 0 Å². The van der Waals surface area contributed by atoms with Gasteiger partial charge in [0.1, 0.15) is 0 Å². The lowest BCUT2D eigenvalue weighted by Crippen LogP contribution is -2.35. The number of benzene rings is 1. The summed E-state index contributed by atoms with van der Waals surface area (Å²) in [6.07, 6.45) is 0. The van der Waals surface area contributed by atoms with E-state index in [1.165, 1.54) is 15.6 Å². The number of halogens is 1. The summed E-state index contributed by atoms with van der Waals surface area (Å²) in [4.78, 5) is 0. The standard InChI is InChI=1S/C12H18BrN/c1-9-5-6-10(7-11(9)13)8-14-12(2,3)4/h5-7,14H,8H2,1-4H3. The van der Waals surface area contributed by atoms with Gasteiger partial charge in [0.2, 0.25) is 0 Å². The summed E-state index contributed by atoms with van der Waals surface area (Å²) < 4.78 is 1.19. The molecule has 1 nitrogen and oxygen atoms in total. The third-order valence-corrected chi connectivity index (χ3v) is 2.91. The molecular formula is C12H18BrN. The lowest BCUT2D eigenvalue weighted by atomic mass is 10.1. The van der Waals surface area contributed by atoms with Crippen molar-refractivity contribution in [3.8, 4) is 0 Å². The lowest BCUT2D eigenvalue weighted by Gasteiger charge is -2.20. The van der Waals surface area contributed by atoms with Crippen LogP contribution in [0.5, 0.6) is 0 Å². The predicted octanol–water partition coefficient (Wildman–Crippen LogP) is 3.65. The first kappa shape index (κ1) is 11.7. The van der Waals surface area contributed by atoms with Crippen LogP contribution < -0.4 is 5.32 Å². The molecule has 0 spiro atoms. The van der Waals surface area contributed by atoms with E-state index in [2.05, 4.69) is 67.1 Å². The fraction of sp³-hybridized carbons (Fsp3) is 0.500. The second-order valence-electron chi connectivity index (χ2n) is 4.69. The van der Waals surface area contributed by atoms with Crippen LogP contribution in [-0.4, -0.2) is 5.54 Å². The average Bonchev–Trinajstić information content (AvgIpc) is 2.06. The number of hydrogen-bond donors (Lipinski definition) is 1. The molecule has 0 aromatic heterocycles. The quantitative estimate of drug-likeness (QED) is 0.851. The Labute approximate surface area is 95.0 Å². The summed E-state index contributed by atoms with van der Waals surface area (Å²) in [5, 5.41) is 3.46. The SMILES string of the molecule is Cc1ccc(CNC(C)(C)C)cc1Br. The maximum atomic E-state index is 3.54. The third kappa shape index (κ3) is 3.81. The molecule has 0 unspecified atom stereocenters. The lowest BCUT2D eigenvalue weighted by molar-refractivity contribution is 0.424. The molecule has 0 radical (unpaired) electrons. The molecule has 14 heavy (non-hydrogen) atoms. The van der Waals surface area contributed by atoms with Gasteiger partial charge >= 0.3 is 0 Å². The summed E-state index contributed by atoms with van der Waals surface area (Å²) in [5.41, 5.74) is 2.78. The highest BCUT2D eigenvalue weighted by atomic mass is 79.9. The largest absolute Gasteiger partial charge is 0.308 e. The highest BCUT2D eigenvalue weighted by Gasteiger charge is 2.08. The fourth-order valence-corrected chi connectivity index (χ4v) is 1.54. The Morgan fingerprint density at radius 3 is 2.43 bits per heavy atom.